The Bertz CT molecular complexity index is 574. The van der Waals surface area contributed by atoms with Crippen molar-refractivity contribution in [3.05, 3.63) is 11.6 Å². The highest BCUT2D eigenvalue weighted by Gasteiger charge is 2.70. The Morgan fingerprint density at radius 3 is 2.33 bits per heavy atom. The van der Waals surface area contributed by atoms with E-state index in [1.165, 1.54) is 5.57 Å². The summed E-state index contributed by atoms with van der Waals surface area (Å²) in [4.78, 5) is 0. The molecule has 4 nitrogen and oxygen atoms in total. The van der Waals surface area contributed by atoms with Gasteiger partial charge in [-0.3, -0.25) is 0 Å². The van der Waals surface area contributed by atoms with E-state index in [0.717, 1.165) is 38.5 Å². The molecule has 0 aliphatic heterocycles. The third kappa shape index (κ3) is 1.78. The minimum atomic E-state index is -1.05. The number of aliphatic hydroxyl groups excluding tert-OH is 4. The molecule has 3 fully saturated rings. The predicted molar refractivity (Wildman–Crippen MR) is 91.1 cm³/mol. The van der Waals surface area contributed by atoms with Crippen LogP contribution in [0.4, 0.5) is 0 Å². The van der Waals surface area contributed by atoms with E-state index in [4.69, 9.17) is 0 Å². The van der Waals surface area contributed by atoms with Crippen molar-refractivity contribution in [3.8, 4) is 0 Å². The molecule has 4 N–H and O–H groups in total. The molecule has 4 aliphatic carbocycles. The number of allylic oxidation sites excluding steroid dienone is 1. The molecule has 0 aromatic rings. The highest BCUT2D eigenvalue weighted by Crippen LogP contribution is 2.70. The van der Waals surface area contributed by atoms with Crippen molar-refractivity contribution in [2.45, 2.75) is 83.7 Å². The molecular formula is C20H32O4. The van der Waals surface area contributed by atoms with Crippen molar-refractivity contribution in [3.63, 3.8) is 0 Å². The largest absolute Gasteiger partial charge is 0.393 e. The van der Waals surface area contributed by atoms with Crippen LogP contribution in [0.5, 0.6) is 0 Å². The second-order valence-electron chi connectivity index (χ2n) is 9.61. The van der Waals surface area contributed by atoms with Crippen LogP contribution in [-0.2, 0) is 0 Å². The Morgan fingerprint density at radius 1 is 0.917 bits per heavy atom. The lowest BCUT2D eigenvalue weighted by molar-refractivity contribution is -0.153. The standard InChI is InChI=1S/C20H32O4/c1-18-8-6-12(21)10-11(18)4-5-14-13(18)7-9-19(2)16(23)15(22)17(24)20(14,19)3/h4,12-17,21-24H,5-10H2,1-3H3/t12-,13-,14+,15-,16-,17-,18-,19+,20+/m0/s1. The van der Waals surface area contributed by atoms with Gasteiger partial charge >= 0.3 is 0 Å². The fourth-order valence-electron chi connectivity index (χ4n) is 7.09. The van der Waals surface area contributed by atoms with Crippen LogP contribution in [0, 0.1) is 28.1 Å². The lowest BCUT2D eigenvalue weighted by atomic mass is 9.43. The van der Waals surface area contributed by atoms with Crippen LogP contribution in [-0.4, -0.2) is 44.8 Å². The molecule has 4 aliphatic rings. The molecule has 0 bridgehead atoms. The fourth-order valence-corrected chi connectivity index (χ4v) is 7.09. The summed E-state index contributed by atoms with van der Waals surface area (Å²) in [6.07, 6.45) is 4.66. The van der Waals surface area contributed by atoms with Crippen molar-refractivity contribution in [1.82, 2.24) is 0 Å². The Kier molecular flexibility index (Phi) is 3.59. The monoisotopic (exact) mass is 336 g/mol. The summed E-state index contributed by atoms with van der Waals surface area (Å²) in [6, 6.07) is 0. The lowest BCUT2D eigenvalue weighted by Crippen LogP contribution is -2.58. The number of hydrogen-bond donors (Lipinski definition) is 4. The lowest BCUT2D eigenvalue weighted by Gasteiger charge is -2.62. The van der Waals surface area contributed by atoms with E-state index in [0.29, 0.717) is 5.92 Å². The van der Waals surface area contributed by atoms with E-state index in [1.54, 1.807) is 0 Å². The topological polar surface area (TPSA) is 80.9 Å². The molecule has 4 heteroatoms. The first kappa shape index (κ1) is 17.0. The van der Waals surface area contributed by atoms with Crippen LogP contribution < -0.4 is 0 Å². The zero-order valence-corrected chi connectivity index (χ0v) is 15.1. The summed E-state index contributed by atoms with van der Waals surface area (Å²) < 4.78 is 0. The zero-order chi connectivity index (χ0) is 17.5. The van der Waals surface area contributed by atoms with Crippen molar-refractivity contribution >= 4 is 0 Å². The molecule has 0 radical (unpaired) electrons. The molecule has 0 heterocycles. The average Bonchev–Trinajstić information content (AvgIpc) is 2.68. The van der Waals surface area contributed by atoms with Gasteiger partial charge in [-0.2, -0.15) is 0 Å². The average molecular weight is 336 g/mol. The van der Waals surface area contributed by atoms with E-state index in [1.807, 2.05) is 0 Å². The number of hydrogen-bond acceptors (Lipinski definition) is 4. The summed E-state index contributed by atoms with van der Waals surface area (Å²) in [7, 11) is 0. The first-order valence-corrected chi connectivity index (χ1v) is 9.58. The molecule has 24 heavy (non-hydrogen) atoms. The third-order valence-electron chi connectivity index (χ3n) is 9.00. The van der Waals surface area contributed by atoms with Crippen molar-refractivity contribution < 1.29 is 20.4 Å². The van der Waals surface area contributed by atoms with Gasteiger partial charge in [0.25, 0.3) is 0 Å². The Labute approximate surface area is 144 Å². The SMILES string of the molecule is C[C@]12[C@@H]3CC=C4C[C@@H](O)CC[C@]4(C)[C@H]3CC[C@]1(C)[C@@H](O)[C@H](O)[C@@H]2O. The van der Waals surface area contributed by atoms with E-state index in [-0.39, 0.29) is 17.4 Å². The summed E-state index contributed by atoms with van der Waals surface area (Å²) in [6.45, 7) is 6.48. The van der Waals surface area contributed by atoms with Crippen molar-refractivity contribution in [2.75, 3.05) is 0 Å². The van der Waals surface area contributed by atoms with Gasteiger partial charge in [-0.1, -0.05) is 32.4 Å². The maximum atomic E-state index is 10.9. The van der Waals surface area contributed by atoms with Gasteiger partial charge in [-0.15, -0.1) is 0 Å². The first-order valence-electron chi connectivity index (χ1n) is 9.58. The zero-order valence-electron chi connectivity index (χ0n) is 15.1. The molecule has 0 saturated heterocycles. The Balaban J connectivity index is 1.78. The maximum absolute atomic E-state index is 10.9. The van der Waals surface area contributed by atoms with Gasteiger partial charge in [-0.25, -0.2) is 0 Å². The van der Waals surface area contributed by atoms with Crippen LogP contribution in [0.1, 0.15) is 59.3 Å². The minimum absolute atomic E-state index is 0.0880. The van der Waals surface area contributed by atoms with Gasteiger partial charge in [0.2, 0.25) is 0 Å². The molecule has 4 rings (SSSR count). The van der Waals surface area contributed by atoms with E-state index >= 15 is 0 Å². The van der Waals surface area contributed by atoms with Crippen LogP contribution in [0.3, 0.4) is 0 Å². The van der Waals surface area contributed by atoms with Crippen LogP contribution >= 0.6 is 0 Å². The Hall–Kier alpha value is -0.420. The van der Waals surface area contributed by atoms with Crippen LogP contribution in [0.2, 0.25) is 0 Å². The van der Waals surface area contributed by atoms with Gasteiger partial charge in [-0.05, 0) is 55.8 Å². The third-order valence-corrected chi connectivity index (χ3v) is 9.00. The van der Waals surface area contributed by atoms with Gasteiger partial charge in [0, 0.05) is 10.8 Å². The van der Waals surface area contributed by atoms with E-state index < -0.39 is 29.1 Å². The molecule has 136 valence electrons. The summed E-state index contributed by atoms with van der Waals surface area (Å²) >= 11 is 0. The molecule has 0 spiro atoms. The molecular weight excluding hydrogens is 304 g/mol. The minimum Gasteiger partial charge on any atom is -0.393 e. The number of aliphatic hydroxyl groups is 4. The van der Waals surface area contributed by atoms with Gasteiger partial charge in [0.15, 0.2) is 0 Å². The molecule has 0 aromatic carbocycles. The summed E-state index contributed by atoms with van der Waals surface area (Å²) in [5.74, 6) is 0.720. The van der Waals surface area contributed by atoms with Crippen molar-refractivity contribution in [2.24, 2.45) is 28.1 Å². The molecule has 0 unspecified atom stereocenters. The van der Waals surface area contributed by atoms with E-state index in [9.17, 15) is 20.4 Å². The van der Waals surface area contributed by atoms with Crippen molar-refractivity contribution in [1.29, 1.82) is 0 Å². The fraction of sp³-hybridized carbons (Fsp3) is 0.900. The molecule has 3 saturated carbocycles. The molecule has 9 atom stereocenters. The Morgan fingerprint density at radius 2 is 1.62 bits per heavy atom. The maximum Gasteiger partial charge on any atom is 0.107 e. The molecule has 0 aromatic heterocycles. The van der Waals surface area contributed by atoms with Crippen LogP contribution in [0.25, 0.3) is 0 Å². The normalized spacial score (nSPS) is 60.0. The van der Waals surface area contributed by atoms with Gasteiger partial charge in [0.05, 0.1) is 18.3 Å². The van der Waals surface area contributed by atoms with Crippen LogP contribution in [0.15, 0.2) is 11.6 Å². The highest BCUT2D eigenvalue weighted by atomic mass is 16.4. The van der Waals surface area contributed by atoms with Gasteiger partial charge < -0.3 is 20.4 Å². The van der Waals surface area contributed by atoms with Gasteiger partial charge in [0.1, 0.15) is 6.10 Å². The quantitative estimate of drug-likeness (QED) is 0.510. The number of fused-ring (bicyclic) bond motifs is 5. The second kappa shape index (κ2) is 5.06. The molecule has 0 amide bonds. The summed E-state index contributed by atoms with van der Waals surface area (Å²) in [5.41, 5.74) is 0.562. The first-order chi connectivity index (χ1) is 11.2. The number of rotatable bonds is 0. The second-order valence-corrected chi connectivity index (χ2v) is 9.61. The van der Waals surface area contributed by atoms with E-state index in [2.05, 4.69) is 26.8 Å². The summed E-state index contributed by atoms with van der Waals surface area (Å²) in [5, 5.41) is 42.0. The highest BCUT2D eigenvalue weighted by molar-refractivity contribution is 5.28. The smallest absolute Gasteiger partial charge is 0.107 e. The predicted octanol–water partition coefficient (Wildman–Crippen LogP) is 2.00.